The van der Waals surface area contributed by atoms with Crippen LogP contribution in [0.15, 0.2) is 61.1 Å². The minimum Gasteiger partial charge on any atom is -0.379 e. The van der Waals surface area contributed by atoms with Gasteiger partial charge in [-0.1, -0.05) is 24.3 Å². The van der Waals surface area contributed by atoms with E-state index < -0.39 is 5.60 Å². The highest BCUT2D eigenvalue weighted by Crippen LogP contribution is 2.33. The van der Waals surface area contributed by atoms with Crippen LogP contribution in [0, 0.1) is 5.82 Å². The van der Waals surface area contributed by atoms with Gasteiger partial charge in [0.25, 0.3) is 5.91 Å². The number of aromatic nitrogens is 2. The second-order valence-corrected chi connectivity index (χ2v) is 8.22. The van der Waals surface area contributed by atoms with Crippen LogP contribution < -0.4 is 5.32 Å². The zero-order valence-corrected chi connectivity index (χ0v) is 16.9. The highest BCUT2D eigenvalue weighted by atomic mass is 19.1. The Morgan fingerprint density at radius 2 is 1.76 bits per heavy atom. The van der Waals surface area contributed by atoms with Crippen LogP contribution in [0.1, 0.15) is 54.4 Å². The molecule has 0 spiro atoms. The number of H-pyrrole nitrogens is 1. The zero-order chi connectivity index (χ0) is 21.1. The molecule has 29 heavy (non-hydrogen) atoms. The van der Waals surface area contributed by atoms with Crippen molar-refractivity contribution in [2.45, 2.75) is 44.8 Å². The van der Waals surface area contributed by atoms with E-state index in [0.717, 1.165) is 5.56 Å². The molecule has 5 nitrogen and oxygen atoms in total. The van der Waals surface area contributed by atoms with E-state index in [1.807, 2.05) is 20.8 Å². The standard InChI is InChI=1S/C23H26FN3O2/c1-22(2,3)27-21(28)17-6-8-18(9-7-17)23(29,20-14-25-15-26-20)13-12-16-4-10-19(24)11-5-16/h4-11,14-15,29H,12-13H2,1-3H3,(H,25,26)(H,27,28). The maximum Gasteiger partial charge on any atom is 0.251 e. The van der Waals surface area contributed by atoms with Crippen molar-refractivity contribution >= 4 is 5.91 Å². The van der Waals surface area contributed by atoms with Crippen LogP contribution in [0.25, 0.3) is 0 Å². The summed E-state index contributed by atoms with van der Waals surface area (Å²) in [5, 5.41) is 14.4. The predicted molar refractivity (Wildman–Crippen MR) is 110 cm³/mol. The molecule has 0 radical (unpaired) electrons. The Labute approximate surface area is 170 Å². The van der Waals surface area contributed by atoms with Crippen molar-refractivity contribution in [2.75, 3.05) is 0 Å². The van der Waals surface area contributed by atoms with E-state index in [-0.39, 0.29) is 17.3 Å². The van der Waals surface area contributed by atoms with E-state index in [2.05, 4.69) is 15.3 Å². The van der Waals surface area contributed by atoms with Gasteiger partial charge in [-0.2, -0.15) is 0 Å². The quantitative estimate of drug-likeness (QED) is 0.591. The topological polar surface area (TPSA) is 78.0 Å². The van der Waals surface area contributed by atoms with Gasteiger partial charge in [-0.05, 0) is 69.0 Å². The Hall–Kier alpha value is -2.99. The van der Waals surface area contributed by atoms with Crippen molar-refractivity contribution in [1.82, 2.24) is 15.3 Å². The van der Waals surface area contributed by atoms with Gasteiger partial charge in [0, 0.05) is 17.3 Å². The molecule has 1 aromatic heterocycles. The first kappa shape index (κ1) is 20.7. The Kier molecular flexibility index (Phi) is 5.84. The molecule has 0 aliphatic heterocycles. The normalized spacial score (nSPS) is 13.7. The van der Waals surface area contributed by atoms with Gasteiger partial charge in [0.1, 0.15) is 11.4 Å². The second kappa shape index (κ2) is 8.17. The first-order valence-electron chi connectivity index (χ1n) is 9.56. The molecule has 1 atom stereocenters. The fraction of sp³-hybridized carbons (Fsp3) is 0.304. The summed E-state index contributed by atoms with van der Waals surface area (Å²) in [5.41, 5.74) is 0.896. The number of hydrogen-bond donors (Lipinski definition) is 3. The van der Waals surface area contributed by atoms with Crippen LogP contribution in [0.5, 0.6) is 0 Å². The van der Waals surface area contributed by atoms with Gasteiger partial charge in [0.05, 0.1) is 12.0 Å². The molecular formula is C23H26FN3O2. The van der Waals surface area contributed by atoms with Crippen LogP contribution >= 0.6 is 0 Å². The van der Waals surface area contributed by atoms with E-state index in [9.17, 15) is 14.3 Å². The number of nitrogens with one attached hydrogen (secondary N) is 2. The third-order valence-corrected chi connectivity index (χ3v) is 4.72. The number of rotatable bonds is 6. The molecular weight excluding hydrogens is 369 g/mol. The summed E-state index contributed by atoms with van der Waals surface area (Å²) in [6, 6.07) is 13.1. The lowest BCUT2D eigenvalue weighted by atomic mass is 9.84. The van der Waals surface area contributed by atoms with Gasteiger partial charge in [-0.15, -0.1) is 0 Å². The van der Waals surface area contributed by atoms with Crippen LogP contribution in [0.2, 0.25) is 0 Å². The smallest absolute Gasteiger partial charge is 0.251 e. The van der Waals surface area contributed by atoms with Gasteiger partial charge in [0.2, 0.25) is 0 Å². The molecule has 1 unspecified atom stereocenters. The fourth-order valence-electron chi connectivity index (χ4n) is 3.19. The predicted octanol–water partition coefficient (Wildman–Crippen LogP) is 3.95. The molecule has 152 valence electrons. The lowest BCUT2D eigenvalue weighted by Gasteiger charge is -2.27. The minimum absolute atomic E-state index is 0.168. The third-order valence-electron chi connectivity index (χ3n) is 4.72. The maximum atomic E-state index is 13.2. The summed E-state index contributed by atoms with van der Waals surface area (Å²) >= 11 is 0. The summed E-state index contributed by atoms with van der Waals surface area (Å²) in [7, 11) is 0. The van der Waals surface area contributed by atoms with Crippen molar-refractivity contribution in [3.8, 4) is 0 Å². The van der Waals surface area contributed by atoms with Crippen LogP contribution in [0.4, 0.5) is 4.39 Å². The van der Waals surface area contributed by atoms with Crippen molar-refractivity contribution in [1.29, 1.82) is 0 Å². The van der Waals surface area contributed by atoms with Gasteiger partial charge < -0.3 is 15.4 Å². The Bertz CT molecular complexity index is 945. The zero-order valence-electron chi connectivity index (χ0n) is 16.9. The molecule has 2 aromatic carbocycles. The fourth-order valence-corrected chi connectivity index (χ4v) is 3.19. The Morgan fingerprint density at radius 3 is 2.31 bits per heavy atom. The Morgan fingerprint density at radius 1 is 1.10 bits per heavy atom. The van der Waals surface area contributed by atoms with Crippen LogP contribution in [-0.4, -0.2) is 26.5 Å². The van der Waals surface area contributed by atoms with Crippen molar-refractivity contribution < 1.29 is 14.3 Å². The molecule has 1 heterocycles. The minimum atomic E-state index is -1.34. The first-order chi connectivity index (χ1) is 13.7. The number of nitrogens with zero attached hydrogens (tertiary/aromatic N) is 1. The molecule has 6 heteroatoms. The molecule has 1 amide bonds. The van der Waals surface area contributed by atoms with E-state index in [1.54, 1.807) is 42.6 Å². The number of imidazole rings is 1. The Balaban J connectivity index is 1.85. The number of benzene rings is 2. The van der Waals surface area contributed by atoms with Gasteiger partial charge in [-0.25, -0.2) is 9.37 Å². The SMILES string of the molecule is CC(C)(C)NC(=O)c1ccc(C(O)(CCc2ccc(F)cc2)c2c[nH]cn2)cc1. The number of amides is 1. The van der Waals surface area contributed by atoms with Gasteiger partial charge >= 0.3 is 0 Å². The largest absolute Gasteiger partial charge is 0.379 e. The lowest BCUT2D eigenvalue weighted by Crippen LogP contribution is -2.40. The molecule has 3 N–H and O–H groups in total. The lowest BCUT2D eigenvalue weighted by molar-refractivity contribution is 0.0671. The number of aryl methyl sites for hydroxylation is 1. The maximum absolute atomic E-state index is 13.2. The van der Waals surface area contributed by atoms with Gasteiger partial charge in [-0.3, -0.25) is 4.79 Å². The van der Waals surface area contributed by atoms with Crippen molar-refractivity contribution in [3.05, 3.63) is 89.3 Å². The number of halogens is 1. The number of carbonyl (C=O) groups excluding carboxylic acids is 1. The average Bonchev–Trinajstić information content (AvgIpc) is 3.21. The highest BCUT2D eigenvalue weighted by Gasteiger charge is 2.33. The third kappa shape index (κ3) is 5.09. The molecule has 0 saturated carbocycles. The van der Waals surface area contributed by atoms with E-state index in [1.165, 1.54) is 18.5 Å². The van der Waals surface area contributed by atoms with Gasteiger partial charge in [0.15, 0.2) is 0 Å². The average molecular weight is 395 g/mol. The molecule has 3 aromatic rings. The number of aromatic amines is 1. The summed E-state index contributed by atoms with van der Waals surface area (Å²) in [5.74, 6) is -0.459. The molecule has 0 aliphatic rings. The van der Waals surface area contributed by atoms with Crippen molar-refractivity contribution in [2.24, 2.45) is 0 Å². The molecule has 0 fully saturated rings. The first-order valence-corrected chi connectivity index (χ1v) is 9.56. The molecule has 0 bridgehead atoms. The van der Waals surface area contributed by atoms with Crippen molar-refractivity contribution in [3.63, 3.8) is 0 Å². The molecule has 3 rings (SSSR count). The number of aliphatic hydroxyl groups is 1. The van der Waals surface area contributed by atoms with E-state index >= 15 is 0 Å². The monoisotopic (exact) mass is 395 g/mol. The summed E-state index contributed by atoms with van der Waals surface area (Å²) < 4.78 is 13.2. The van der Waals surface area contributed by atoms with E-state index in [0.29, 0.717) is 29.7 Å². The molecule has 0 saturated heterocycles. The summed E-state index contributed by atoms with van der Waals surface area (Å²) in [4.78, 5) is 19.5. The highest BCUT2D eigenvalue weighted by molar-refractivity contribution is 5.94. The van der Waals surface area contributed by atoms with Crippen LogP contribution in [-0.2, 0) is 12.0 Å². The second-order valence-electron chi connectivity index (χ2n) is 8.22. The molecule has 0 aliphatic carbocycles. The van der Waals surface area contributed by atoms with E-state index in [4.69, 9.17) is 0 Å². The summed E-state index contributed by atoms with van der Waals surface area (Å²) in [6.07, 6.45) is 4.07. The number of carbonyl (C=O) groups is 1. The summed E-state index contributed by atoms with van der Waals surface area (Å²) in [6.45, 7) is 5.76. The number of hydrogen-bond acceptors (Lipinski definition) is 3. The van der Waals surface area contributed by atoms with Crippen LogP contribution in [0.3, 0.4) is 0 Å².